The van der Waals surface area contributed by atoms with Crippen LogP contribution in [0.3, 0.4) is 0 Å². The number of fused-ring (bicyclic) bond motifs is 1. The highest BCUT2D eigenvalue weighted by Crippen LogP contribution is 2.23. The molecule has 1 aliphatic rings. The lowest BCUT2D eigenvalue weighted by Gasteiger charge is -2.37. The van der Waals surface area contributed by atoms with Gasteiger partial charge in [0.05, 0.1) is 18.8 Å². The number of amides is 1. The molecular weight excluding hydrogens is 338 g/mol. The molecule has 1 aromatic heterocycles. The Hall–Kier alpha value is -2.63. The molecule has 0 aliphatic carbocycles. The number of benzene rings is 2. The normalized spacial score (nSPS) is 17.1. The third-order valence-electron chi connectivity index (χ3n) is 5.34. The van der Waals surface area contributed by atoms with E-state index in [9.17, 15) is 4.79 Å². The van der Waals surface area contributed by atoms with E-state index in [1.54, 1.807) is 6.26 Å². The Bertz CT molecular complexity index is 894. The van der Waals surface area contributed by atoms with Crippen molar-refractivity contribution in [3.63, 3.8) is 0 Å². The number of nitrogens with zero attached hydrogens (tertiary/aromatic N) is 2. The molecule has 1 saturated heterocycles. The van der Waals surface area contributed by atoms with Gasteiger partial charge < -0.3 is 9.73 Å². The van der Waals surface area contributed by atoms with E-state index in [0.29, 0.717) is 0 Å². The highest BCUT2D eigenvalue weighted by Gasteiger charge is 2.26. The fourth-order valence-corrected chi connectivity index (χ4v) is 3.67. The Morgan fingerprint density at radius 2 is 1.81 bits per heavy atom. The number of nitrogens with one attached hydrogen (secondary N) is 1. The Morgan fingerprint density at radius 3 is 2.59 bits per heavy atom. The summed E-state index contributed by atoms with van der Waals surface area (Å²) in [5, 5.41) is 5.33. The molecular formula is C22H25N3O2. The van der Waals surface area contributed by atoms with E-state index in [4.69, 9.17) is 4.42 Å². The van der Waals surface area contributed by atoms with Gasteiger partial charge in [0.2, 0.25) is 5.91 Å². The van der Waals surface area contributed by atoms with E-state index in [0.717, 1.165) is 54.9 Å². The van der Waals surface area contributed by atoms with Gasteiger partial charge in [-0.15, -0.1) is 0 Å². The minimum atomic E-state index is -0.158. The monoisotopic (exact) mass is 363 g/mol. The van der Waals surface area contributed by atoms with Gasteiger partial charge in [0, 0.05) is 37.3 Å². The SMILES string of the molecule is CC(C(=O)Nc1cccc2ccccc12)N1CCN(Cc2ccco2)CC1. The number of carbonyl (C=O) groups excluding carboxylic acids is 1. The Labute approximate surface area is 159 Å². The fourth-order valence-electron chi connectivity index (χ4n) is 3.67. The van der Waals surface area contributed by atoms with Gasteiger partial charge >= 0.3 is 0 Å². The molecule has 1 aliphatic heterocycles. The zero-order valence-corrected chi connectivity index (χ0v) is 15.6. The van der Waals surface area contributed by atoms with E-state index in [2.05, 4.69) is 27.2 Å². The van der Waals surface area contributed by atoms with Crippen LogP contribution in [0.25, 0.3) is 10.8 Å². The average Bonchev–Trinajstić information content (AvgIpc) is 3.21. The molecule has 0 radical (unpaired) electrons. The largest absolute Gasteiger partial charge is 0.468 e. The first kappa shape index (κ1) is 17.8. The van der Waals surface area contributed by atoms with Crippen LogP contribution in [0.4, 0.5) is 5.69 Å². The van der Waals surface area contributed by atoms with E-state index >= 15 is 0 Å². The number of piperazine rings is 1. The molecule has 2 aromatic carbocycles. The van der Waals surface area contributed by atoms with Crippen LogP contribution in [0.15, 0.2) is 65.3 Å². The van der Waals surface area contributed by atoms with Crippen LogP contribution in [0.2, 0.25) is 0 Å². The van der Waals surface area contributed by atoms with E-state index in [1.165, 1.54) is 0 Å². The topological polar surface area (TPSA) is 48.7 Å². The second-order valence-corrected chi connectivity index (χ2v) is 7.08. The molecule has 0 bridgehead atoms. The van der Waals surface area contributed by atoms with Crippen molar-refractivity contribution in [1.29, 1.82) is 0 Å². The summed E-state index contributed by atoms with van der Waals surface area (Å²) in [4.78, 5) is 17.4. The van der Waals surface area contributed by atoms with Crippen LogP contribution in [0, 0.1) is 0 Å². The molecule has 1 fully saturated rings. The molecule has 140 valence electrons. The first-order chi connectivity index (χ1) is 13.2. The third kappa shape index (κ3) is 4.04. The first-order valence-corrected chi connectivity index (χ1v) is 9.48. The number of hydrogen-bond donors (Lipinski definition) is 1. The van der Waals surface area contributed by atoms with Crippen LogP contribution in [0.5, 0.6) is 0 Å². The van der Waals surface area contributed by atoms with Gasteiger partial charge in [-0.25, -0.2) is 0 Å². The standard InChI is InChI=1S/C22H25N3O2/c1-17(25-13-11-24(12-14-25)16-19-8-5-15-27-19)22(26)23-21-10-4-7-18-6-2-3-9-20(18)21/h2-10,15,17H,11-14,16H2,1H3,(H,23,26). The van der Waals surface area contributed by atoms with Gasteiger partial charge in [-0.1, -0.05) is 36.4 Å². The average molecular weight is 363 g/mol. The van der Waals surface area contributed by atoms with Crippen molar-refractivity contribution >= 4 is 22.4 Å². The van der Waals surface area contributed by atoms with Crippen molar-refractivity contribution in [3.8, 4) is 0 Å². The lowest BCUT2D eigenvalue weighted by atomic mass is 10.1. The zero-order valence-electron chi connectivity index (χ0n) is 15.6. The smallest absolute Gasteiger partial charge is 0.241 e. The highest BCUT2D eigenvalue weighted by atomic mass is 16.3. The maximum Gasteiger partial charge on any atom is 0.241 e. The minimum Gasteiger partial charge on any atom is -0.468 e. The summed E-state index contributed by atoms with van der Waals surface area (Å²) >= 11 is 0. The first-order valence-electron chi connectivity index (χ1n) is 9.48. The van der Waals surface area contributed by atoms with Gasteiger partial charge in [0.25, 0.3) is 0 Å². The second kappa shape index (κ2) is 7.94. The number of furan rings is 1. The maximum atomic E-state index is 12.8. The molecule has 1 unspecified atom stereocenters. The number of anilines is 1. The van der Waals surface area contributed by atoms with Crippen molar-refractivity contribution in [3.05, 3.63) is 66.6 Å². The van der Waals surface area contributed by atoms with Crippen molar-refractivity contribution < 1.29 is 9.21 Å². The zero-order chi connectivity index (χ0) is 18.6. The maximum absolute atomic E-state index is 12.8. The Balaban J connectivity index is 1.35. The van der Waals surface area contributed by atoms with Crippen molar-refractivity contribution in [2.75, 3.05) is 31.5 Å². The van der Waals surface area contributed by atoms with Crippen LogP contribution < -0.4 is 5.32 Å². The quantitative estimate of drug-likeness (QED) is 0.753. The van der Waals surface area contributed by atoms with Gasteiger partial charge in [-0.2, -0.15) is 0 Å². The summed E-state index contributed by atoms with van der Waals surface area (Å²) in [6, 6.07) is 17.9. The molecule has 0 saturated carbocycles. The number of rotatable bonds is 5. The highest BCUT2D eigenvalue weighted by molar-refractivity contribution is 6.03. The summed E-state index contributed by atoms with van der Waals surface area (Å²) in [6.45, 7) is 6.45. The van der Waals surface area contributed by atoms with Gasteiger partial charge in [-0.3, -0.25) is 14.6 Å². The van der Waals surface area contributed by atoms with Crippen molar-refractivity contribution in [1.82, 2.24) is 9.80 Å². The predicted octanol–water partition coefficient (Wildman–Crippen LogP) is 3.58. The molecule has 1 atom stereocenters. The molecule has 1 amide bonds. The van der Waals surface area contributed by atoms with Crippen molar-refractivity contribution in [2.45, 2.75) is 19.5 Å². The van der Waals surface area contributed by atoms with E-state index in [-0.39, 0.29) is 11.9 Å². The molecule has 5 heteroatoms. The van der Waals surface area contributed by atoms with Crippen LogP contribution in [0.1, 0.15) is 12.7 Å². The van der Waals surface area contributed by atoms with Crippen LogP contribution in [-0.2, 0) is 11.3 Å². The van der Waals surface area contributed by atoms with Gasteiger partial charge in [0.15, 0.2) is 0 Å². The Morgan fingerprint density at radius 1 is 1.04 bits per heavy atom. The van der Waals surface area contributed by atoms with Crippen molar-refractivity contribution in [2.24, 2.45) is 0 Å². The minimum absolute atomic E-state index is 0.0471. The van der Waals surface area contributed by atoms with E-state index in [1.807, 2.05) is 49.4 Å². The molecule has 5 nitrogen and oxygen atoms in total. The van der Waals surface area contributed by atoms with Gasteiger partial charge in [0.1, 0.15) is 5.76 Å². The molecule has 2 heterocycles. The molecule has 0 spiro atoms. The van der Waals surface area contributed by atoms with Crippen LogP contribution in [-0.4, -0.2) is 47.9 Å². The molecule has 4 rings (SSSR count). The summed E-state index contributed by atoms with van der Waals surface area (Å²) in [7, 11) is 0. The lowest BCUT2D eigenvalue weighted by molar-refractivity contribution is -0.121. The summed E-state index contributed by atoms with van der Waals surface area (Å²) < 4.78 is 5.43. The molecule has 3 aromatic rings. The van der Waals surface area contributed by atoms with E-state index < -0.39 is 0 Å². The Kier molecular flexibility index (Phi) is 5.23. The number of hydrogen-bond acceptors (Lipinski definition) is 4. The molecule has 1 N–H and O–H groups in total. The third-order valence-corrected chi connectivity index (χ3v) is 5.34. The second-order valence-electron chi connectivity index (χ2n) is 7.08. The van der Waals surface area contributed by atoms with Gasteiger partial charge in [-0.05, 0) is 30.5 Å². The van der Waals surface area contributed by atoms with Crippen LogP contribution >= 0.6 is 0 Å². The predicted molar refractivity (Wildman–Crippen MR) is 108 cm³/mol. The fraction of sp³-hybridized carbons (Fsp3) is 0.318. The summed E-state index contributed by atoms with van der Waals surface area (Å²) in [6.07, 6.45) is 1.71. The molecule has 27 heavy (non-hydrogen) atoms. The summed E-state index contributed by atoms with van der Waals surface area (Å²) in [5.41, 5.74) is 0.876. The number of carbonyl (C=O) groups is 1. The summed E-state index contributed by atoms with van der Waals surface area (Å²) in [5.74, 6) is 1.04. The lowest BCUT2D eigenvalue weighted by Crippen LogP contribution is -2.52.